The number of halogens is 2. The average Bonchev–Trinajstić information content (AvgIpc) is 2.23. The van der Waals surface area contributed by atoms with Crippen molar-refractivity contribution in [2.45, 2.75) is 6.92 Å². The fourth-order valence-corrected chi connectivity index (χ4v) is 1.45. The number of rotatable bonds is 1. The second kappa shape index (κ2) is 3.77. The Hall–Kier alpha value is -1.77. The van der Waals surface area contributed by atoms with E-state index in [0.29, 0.717) is 5.56 Å². The lowest BCUT2D eigenvalue weighted by Gasteiger charge is -2.04. The Morgan fingerprint density at radius 3 is 2.53 bits per heavy atom. The van der Waals surface area contributed by atoms with Gasteiger partial charge < -0.3 is 0 Å². The number of benzene rings is 1. The molecule has 0 spiro atoms. The number of nitrogens with zero attached hydrogens (tertiary/aromatic N) is 1. The van der Waals surface area contributed by atoms with E-state index in [4.69, 9.17) is 0 Å². The summed E-state index contributed by atoms with van der Waals surface area (Å²) in [5, 5.41) is 0. The van der Waals surface area contributed by atoms with E-state index in [2.05, 4.69) is 4.98 Å². The third kappa shape index (κ3) is 1.86. The van der Waals surface area contributed by atoms with E-state index in [9.17, 15) is 8.78 Å². The minimum absolute atomic E-state index is 0.638. The van der Waals surface area contributed by atoms with Crippen molar-refractivity contribution in [2.24, 2.45) is 0 Å². The highest BCUT2D eigenvalue weighted by Crippen LogP contribution is 2.23. The molecule has 1 aromatic carbocycles. The molecule has 0 bridgehead atoms. The van der Waals surface area contributed by atoms with Crippen LogP contribution < -0.4 is 0 Å². The maximum atomic E-state index is 13.0. The Balaban J connectivity index is 2.55. The molecule has 1 heterocycles. The molecule has 0 saturated heterocycles. The molecule has 3 heteroatoms. The number of aryl methyl sites for hydroxylation is 1. The second-order valence-electron chi connectivity index (χ2n) is 3.27. The summed E-state index contributed by atoms with van der Waals surface area (Å²) in [5.41, 5.74) is 2.25. The first-order valence-corrected chi connectivity index (χ1v) is 4.55. The van der Waals surface area contributed by atoms with Gasteiger partial charge in [-0.15, -0.1) is 0 Å². The molecular weight excluding hydrogens is 196 g/mol. The Bertz CT molecular complexity index is 495. The summed E-state index contributed by atoms with van der Waals surface area (Å²) in [4.78, 5) is 4.09. The van der Waals surface area contributed by atoms with Crippen molar-refractivity contribution < 1.29 is 8.78 Å². The van der Waals surface area contributed by atoms with E-state index in [1.165, 1.54) is 6.07 Å². The fourth-order valence-electron chi connectivity index (χ4n) is 1.45. The third-order valence-electron chi connectivity index (χ3n) is 2.24. The van der Waals surface area contributed by atoms with Gasteiger partial charge in [-0.25, -0.2) is 8.78 Å². The summed E-state index contributed by atoms with van der Waals surface area (Å²) >= 11 is 0. The molecule has 0 amide bonds. The first-order valence-electron chi connectivity index (χ1n) is 4.55. The van der Waals surface area contributed by atoms with Gasteiger partial charge >= 0.3 is 0 Å². The topological polar surface area (TPSA) is 12.9 Å². The lowest BCUT2D eigenvalue weighted by molar-refractivity contribution is 0.509. The molecule has 1 nitrogen and oxygen atoms in total. The summed E-state index contributed by atoms with van der Waals surface area (Å²) in [6, 6.07) is 7.44. The van der Waals surface area contributed by atoms with Crippen LogP contribution in [0.25, 0.3) is 11.1 Å². The van der Waals surface area contributed by atoms with Crippen LogP contribution in [0.4, 0.5) is 8.78 Å². The van der Waals surface area contributed by atoms with Crippen LogP contribution in [-0.2, 0) is 0 Å². The lowest BCUT2D eigenvalue weighted by Crippen LogP contribution is -1.89. The molecule has 15 heavy (non-hydrogen) atoms. The number of aromatic nitrogens is 1. The zero-order chi connectivity index (χ0) is 10.8. The zero-order valence-electron chi connectivity index (χ0n) is 8.17. The largest absolute Gasteiger partial charge is 0.261 e. The van der Waals surface area contributed by atoms with E-state index in [1.54, 1.807) is 18.3 Å². The van der Waals surface area contributed by atoms with Crippen LogP contribution >= 0.6 is 0 Å². The highest BCUT2D eigenvalue weighted by Gasteiger charge is 2.06. The monoisotopic (exact) mass is 205 g/mol. The smallest absolute Gasteiger partial charge is 0.159 e. The third-order valence-corrected chi connectivity index (χ3v) is 2.24. The van der Waals surface area contributed by atoms with Crippen molar-refractivity contribution in [3.63, 3.8) is 0 Å². The van der Waals surface area contributed by atoms with Crippen LogP contribution in [0.1, 0.15) is 5.69 Å². The number of hydrogen-bond acceptors (Lipinski definition) is 1. The van der Waals surface area contributed by atoms with Gasteiger partial charge in [0.2, 0.25) is 0 Å². The fraction of sp³-hybridized carbons (Fsp3) is 0.0833. The summed E-state index contributed by atoms with van der Waals surface area (Å²) in [7, 11) is 0. The van der Waals surface area contributed by atoms with E-state index in [1.807, 2.05) is 13.0 Å². The van der Waals surface area contributed by atoms with Crippen LogP contribution in [-0.4, -0.2) is 4.98 Å². The van der Waals surface area contributed by atoms with Crippen molar-refractivity contribution >= 4 is 0 Å². The molecular formula is C12H9F2N. The highest BCUT2D eigenvalue weighted by atomic mass is 19.2. The summed E-state index contributed by atoms with van der Waals surface area (Å²) in [6.45, 7) is 1.83. The molecule has 76 valence electrons. The summed E-state index contributed by atoms with van der Waals surface area (Å²) in [6.07, 6.45) is 1.67. The Kier molecular flexibility index (Phi) is 2.46. The van der Waals surface area contributed by atoms with Crippen LogP contribution in [0, 0.1) is 18.6 Å². The lowest BCUT2D eigenvalue weighted by atomic mass is 10.0. The Labute approximate surface area is 86.4 Å². The molecule has 0 saturated carbocycles. The highest BCUT2D eigenvalue weighted by molar-refractivity contribution is 5.65. The molecule has 0 fully saturated rings. The second-order valence-corrected chi connectivity index (χ2v) is 3.27. The summed E-state index contributed by atoms with van der Waals surface area (Å²) in [5.74, 6) is -1.67. The Morgan fingerprint density at radius 2 is 1.87 bits per heavy atom. The van der Waals surface area contributed by atoms with E-state index in [-0.39, 0.29) is 0 Å². The minimum Gasteiger partial charge on any atom is -0.261 e. The van der Waals surface area contributed by atoms with Crippen molar-refractivity contribution in [1.29, 1.82) is 0 Å². The normalized spacial score (nSPS) is 10.3. The van der Waals surface area contributed by atoms with Gasteiger partial charge in [-0.1, -0.05) is 12.1 Å². The van der Waals surface area contributed by atoms with Crippen LogP contribution in [0.2, 0.25) is 0 Å². The molecule has 0 radical (unpaired) electrons. The van der Waals surface area contributed by atoms with Crippen LogP contribution in [0.15, 0.2) is 36.5 Å². The quantitative estimate of drug-likeness (QED) is 0.695. The van der Waals surface area contributed by atoms with E-state index >= 15 is 0 Å². The predicted molar refractivity (Wildman–Crippen MR) is 54.3 cm³/mol. The predicted octanol–water partition coefficient (Wildman–Crippen LogP) is 3.34. The molecule has 0 aliphatic carbocycles. The number of pyridine rings is 1. The van der Waals surface area contributed by atoms with E-state index in [0.717, 1.165) is 17.3 Å². The first kappa shape index (κ1) is 9.77. The van der Waals surface area contributed by atoms with Crippen molar-refractivity contribution in [3.05, 3.63) is 53.9 Å². The SMILES string of the molecule is Cc1ncccc1-c1ccc(F)c(F)c1. The summed E-state index contributed by atoms with van der Waals surface area (Å²) < 4.78 is 25.7. The maximum Gasteiger partial charge on any atom is 0.159 e. The minimum atomic E-state index is -0.837. The molecule has 0 aliphatic heterocycles. The average molecular weight is 205 g/mol. The van der Waals surface area contributed by atoms with Gasteiger partial charge in [0.1, 0.15) is 0 Å². The van der Waals surface area contributed by atoms with Gasteiger partial charge in [-0.3, -0.25) is 4.98 Å². The van der Waals surface area contributed by atoms with Gasteiger partial charge in [0.05, 0.1) is 0 Å². The molecule has 0 N–H and O–H groups in total. The number of hydrogen-bond donors (Lipinski definition) is 0. The van der Waals surface area contributed by atoms with Gasteiger partial charge in [0, 0.05) is 17.5 Å². The van der Waals surface area contributed by atoms with Crippen molar-refractivity contribution in [2.75, 3.05) is 0 Å². The zero-order valence-corrected chi connectivity index (χ0v) is 8.17. The van der Waals surface area contributed by atoms with Gasteiger partial charge in [-0.05, 0) is 30.7 Å². The van der Waals surface area contributed by atoms with E-state index < -0.39 is 11.6 Å². The van der Waals surface area contributed by atoms with Gasteiger partial charge in [-0.2, -0.15) is 0 Å². The molecule has 0 unspecified atom stereocenters. The molecule has 1 aromatic heterocycles. The van der Waals surface area contributed by atoms with Gasteiger partial charge in [0.15, 0.2) is 11.6 Å². The molecule has 0 atom stereocenters. The van der Waals surface area contributed by atoms with Crippen molar-refractivity contribution in [1.82, 2.24) is 4.98 Å². The van der Waals surface area contributed by atoms with Crippen molar-refractivity contribution in [3.8, 4) is 11.1 Å². The molecule has 0 aliphatic rings. The van der Waals surface area contributed by atoms with Gasteiger partial charge in [0.25, 0.3) is 0 Å². The Morgan fingerprint density at radius 1 is 1.07 bits per heavy atom. The standard InChI is InChI=1S/C12H9F2N/c1-8-10(3-2-6-15-8)9-4-5-11(13)12(14)7-9/h2-7H,1H3. The molecule has 2 rings (SSSR count). The van der Waals surface area contributed by atoms with Crippen LogP contribution in [0.5, 0.6) is 0 Å². The maximum absolute atomic E-state index is 13.0. The first-order chi connectivity index (χ1) is 7.18. The molecule has 2 aromatic rings. The van der Waals surface area contributed by atoms with Crippen LogP contribution in [0.3, 0.4) is 0 Å².